The number of Topliss-reactive ketones (excluding diaryl/α,β-unsaturated/α-hetero) is 1. The minimum absolute atomic E-state index is 0.0926. The first-order valence-electron chi connectivity index (χ1n) is 7.11. The van der Waals surface area contributed by atoms with Crippen molar-refractivity contribution >= 4 is 23.1 Å². The van der Waals surface area contributed by atoms with Gasteiger partial charge in [0.25, 0.3) is 0 Å². The molecule has 21 heavy (non-hydrogen) atoms. The molecule has 0 fully saturated rings. The maximum Gasteiger partial charge on any atom is 0.183 e. The maximum absolute atomic E-state index is 12.4. The minimum atomic E-state index is 0.0926. The molecule has 0 amide bonds. The largest absolute Gasteiger partial charge is 0.378 e. The Balaban J connectivity index is 2.12. The van der Waals surface area contributed by atoms with E-state index in [1.54, 1.807) is 0 Å². The summed E-state index contributed by atoms with van der Waals surface area (Å²) in [4.78, 5) is 12.4. The van der Waals surface area contributed by atoms with Crippen LogP contribution in [0.1, 0.15) is 41.6 Å². The van der Waals surface area contributed by atoms with Crippen molar-refractivity contribution in [3.05, 3.63) is 52.3 Å². The van der Waals surface area contributed by atoms with Crippen molar-refractivity contribution in [1.29, 1.82) is 0 Å². The second-order valence-corrected chi connectivity index (χ2v) is 5.97. The number of hydrogen-bond acceptors (Lipinski definition) is 2. The molecule has 2 aromatic rings. The summed E-state index contributed by atoms with van der Waals surface area (Å²) in [5, 5.41) is 3.78. The van der Waals surface area contributed by atoms with Crippen LogP contribution >= 0.6 is 11.6 Å². The second kappa shape index (κ2) is 6.35. The lowest BCUT2D eigenvalue weighted by Crippen LogP contribution is -2.15. The van der Waals surface area contributed by atoms with E-state index in [0.717, 1.165) is 22.6 Å². The molecule has 0 radical (unpaired) electrons. The van der Waals surface area contributed by atoms with Crippen LogP contribution in [0, 0.1) is 13.8 Å². The predicted molar refractivity (Wildman–Crippen MR) is 88.6 cm³/mol. The Bertz CT molecular complexity index is 659. The molecule has 1 heterocycles. The van der Waals surface area contributed by atoms with Crippen LogP contribution in [-0.4, -0.2) is 16.9 Å². The van der Waals surface area contributed by atoms with Crippen LogP contribution in [-0.2, 0) is 0 Å². The summed E-state index contributed by atoms with van der Waals surface area (Å²) in [6, 6.07) is 9.71. The van der Waals surface area contributed by atoms with Gasteiger partial charge in [0.1, 0.15) is 0 Å². The fourth-order valence-electron chi connectivity index (χ4n) is 2.73. The van der Waals surface area contributed by atoms with Crippen molar-refractivity contribution in [2.45, 2.75) is 33.7 Å². The zero-order chi connectivity index (χ0) is 15.6. The van der Waals surface area contributed by atoms with Crippen LogP contribution in [0.5, 0.6) is 0 Å². The van der Waals surface area contributed by atoms with Crippen molar-refractivity contribution in [3.63, 3.8) is 0 Å². The van der Waals surface area contributed by atoms with Gasteiger partial charge in [-0.05, 0) is 52.0 Å². The average Bonchev–Trinajstić information content (AvgIpc) is 2.71. The molecule has 0 aliphatic carbocycles. The summed E-state index contributed by atoms with van der Waals surface area (Å²) in [5.41, 5.74) is 3.79. The molecule has 0 aliphatic rings. The number of carbonyl (C=O) groups excluding carboxylic acids is 1. The Morgan fingerprint density at radius 1 is 1.29 bits per heavy atom. The molecule has 0 bridgehead atoms. The summed E-state index contributed by atoms with van der Waals surface area (Å²) in [6.45, 7) is 8.55. The van der Waals surface area contributed by atoms with Gasteiger partial charge in [-0.15, -0.1) is 0 Å². The topological polar surface area (TPSA) is 34.0 Å². The fraction of sp³-hybridized carbons (Fsp3) is 0.353. The van der Waals surface area contributed by atoms with E-state index in [2.05, 4.69) is 23.7 Å². The third-order valence-corrected chi connectivity index (χ3v) is 3.81. The Hall–Kier alpha value is -1.74. The van der Waals surface area contributed by atoms with E-state index in [1.165, 1.54) is 0 Å². The van der Waals surface area contributed by atoms with Crippen LogP contribution in [0.3, 0.4) is 0 Å². The van der Waals surface area contributed by atoms with Gasteiger partial charge in [0.2, 0.25) is 0 Å². The van der Waals surface area contributed by atoms with E-state index in [1.807, 2.05) is 44.2 Å². The van der Waals surface area contributed by atoms with E-state index in [9.17, 15) is 4.79 Å². The number of ketones is 1. The van der Waals surface area contributed by atoms with Crippen LogP contribution in [0.25, 0.3) is 0 Å². The SMILES string of the molecule is Cc1cc(C(=O)CNc2cccc(Cl)c2)c(C)n1C(C)C. The molecule has 0 atom stereocenters. The van der Waals surface area contributed by atoms with E-state index in [0.29, 0.717) is 11.1 Å². The van der Waals surface area contributed by atoms with Crippen molar-refractivity contribution in [2.75, 3.05) is 11.9 Å². The quantitative estimate of drug-likeness (QED) is 0.817. The summed E-state index contributed by atoms with van der Waals surface area (Å²) < 4.78 is 2.19. The molecule has 0 spiro atoms. The lowest BCUT2D eigenvalue weighted by Gasteiger charge is -2.13. The minimum Gasteiger partial charge on any atom is -0.378 e. The van der Waals surface area contributed by atoms with Crippen molar-refractivity contribution in [1.82, 2.24) is 4.57 Å². The highest BCUT2D eigenvalue weighted by molar-refractivity contribution is 6.30. The number of carbonyl (C=O) groups is 1. The lowest BCUT2D eigenvalue weighted by atomic mass is 10.1. The Labute approximate surface area is 130 Å². The molecule has 0 unspecified atom stereocenters. The van der Waals surface area contributed by atoms with Crippen molar-refractivity contribution in [2.24, 2.45) is 0 Å². The molecule has 0 aliphatic heterocycles. The molecule has 1 aromatic carbocycles. The van der Waals surface area contributed by atoms with E-state index in [4.69, 9.17) is 11.6 Å². The molecule has 1 N–H and O–H groups in total. The Kier molecular flexibility index (Phi) is 4.73. The molecule has 112 valence electrons. The van der Waals surface area contributed by atoms with Crippen molar-refractivity contribution < 1.29 is 4.79 Å². The van der Waals surface area contributed by atoms with Gasteiger partial charge in [-0.3, -0.25) is 4.79 Å². The predicted octanol–water partition coefficient (Wildman–Crippen LogP) is 4.63. The van der Waals surface area contributed by atoms with Gasteiger partial charge in [-0.2, -0.15) is 0 Å². The van der Waals surface area contributed by atoms with Crippen LogP contribution in [0.15, 0.2) is 30.3 Å². The number of rotatable bonds is 5. The molecule has 2 rings (SSSR count). The molecule has 0 saturated heterocycles. The third-order valence-electron chi connectivity index (χ3n) is 3.58. The number of anilines is 1. The van der Waals surface area contributed by atoms with Gasteiger partial charge in [-0.25, -0.2) is 0 Å². The summed E-state index contributed by atoms with van der Waals surface area (Å²) in [7, 11) is 0. The first kappa shape index (κ1) is 15.6. The first-order valence-corrected chi connectivity index (χ1v) is 7.49. The molecule has 1 aromatic heterocycles. The number of nitrogens with one attached hydrogen (secondary N) is 1. The molecular formula is C17H21ClN2O. The second-order valence-electron chi connectivity index (χ2n) is 5.54. The molecular weight excluding hydrogens is 284 g/mol. The van der Waals surface area contributed by atoms with E-state index in [-0.39, 0.29) is 12.3 Å². The first-order chi connectivity index (χ1) is 9.90. The number of benzene rings is 1. The molecule has 0 saturated carbocycles. The standard InChI is InChI=1S/C17H21ClN2O/c1-11(2)20-12(3)8-16(13(20)4)17(21)10-19-15-7-5-6-14(18)9-15/h5-9,11,19H,10H2,1-4H3. The Morgan fingerprint density at radius 3 is 2.57 bits per heavy atom. The maximum atomic E-state index is 12.4. The zero-order valence-corrected chi connectivity index (χ0v) is 13.7. The summed E-state index contributed by atoms with van der Waals surface area (Å²) >= 11 is 5.93. The number of aryl methyl sites for hydroxylation is 1. The van der Waals surface area contributed by atoms with Crippen LogP contribution in [0.2, 0.25) is 5.02 Å². The number of hydrogen-bond donors (Lipinski definition) is 1. The summed E-state index contributed by atoms with van der Waals surface area (Å²) in [6.07, 6.45) is 0. The summed E-state index contributed by atoms with van der Waals surface area (Å²) in [5.74, 6) is 0.0926. The normalized spacial score (nSPS) is 11.0. The van der Waals surface area contributed by atoms with Gasteiger partial charge in [0, 0.05) is 33.7 Å². The smallest absolute Gasteiger partial charge is 0.183 e. The fourth-order valence-corrected chi connectivity index (χ4v) is 2.92. The highest BCUT2D eigenvalue weighted by atomic mass is 35.5. The lowest BCUT2D eigenvalue weighted by molar-refractivity contribution is 0.101. The van der Waals surface area contributed by atoms with Crippen LogP contribution in [0.4, 0.5) is 5.69 Å². The number of aromatic nitrogens is 1. The molecule has 3 nitrogen and oxygen atoms in total. The van der Waals surface area contributed by atoms with Gasteiger partial charge in [0.15, 0.2) is 5.78 Å². The number of halogens is 1. The van der Waals surface area contributed by atoms with Gasteiger partial charge >= 0.3 is 0 Å². The van der Waals surface area contributed by atoms with Crippen LogP contribution < -0.4 is 5.32 Å². The van der Waals surface area contributed by atoms with E-state index >= 15 is 0 Å². The monoisotopic (exact) mass is 304 g/mol. The Morgan fingerprint density at radius 2 is 2.00 bits per heavy atom. The van der Waals surface area contributed by atoms with Gasteiger partial charge in [0.05, 0.1) is 6.54 Å². The highest BCUT2D eigenvalue weighted by Crippen LogP contribution is 2.21. The van der Waals surface area contributed by atoms with Gasteiger partial charge in [-0.1, -0.05) is 17.7 Å². The van der Waals surface area contributed by atoms with Gasteiger partial charge < -0.3 is 9.88 Å². The van der Waals surface area contributed by atoms with E-state index < -0.39 is 0 Å². The number of nitrogens with zero attached hydrogens (tertiary/aromatic N) is 1. The third kappa shape index (κ3) is 3.48. The average molecular weight is 305 g/mol. The van der Waals surface area contributed by atoms with Crippen molar-refractivity contribution in [3.8, 4) is 0 Å². The zero-order valence-electron chi connectivity index (χ0n) is 12.9. The molecule has 4 heteroatoms. The highest BCUT2D eigenvalue weighted by Gasteiger charge is 2.16.